The van der Waals surface area contributed by atoms with Crippen molar-refractivity contribution in [3.63, 3.8) is 0 Å². The van der Waals surface area contributed by atoms with Crippen LogP contribution in [0.25, 0.3) is 0 Å². The molecule has 1 aromatic carbocycles. The summed E-state index contributed by atoms with van der Waals surface area (Å²) in [4.78, 5) is 0. The van der Waals surface area contributed by atoms with E-state index in [-0.39, 0.29) is 0 Å². The minimum absolute atomic E-state index is 0.716. The molecule has 0 bridgehead atoms. The van der Waals surface area contributed by atoms with E-state index in [0.717, 1.165) is 0 Å². The van der Waals surface area contributed by atoms with Gasteiger partial charge < -0.3 is 0 Å². The normalized spacial score (nSPS) is 13.1. The Hall–Kier alpha value is -0.850. The molecule has 1 heteroatoms. The highest BCUT2D eigenvalue weighted by Gasteiger charge is 1.97. The highest BCUT2D eigenvalue weighted by molar-refractivity contribution is 5.15. The van der Waals surface area contributed by atoms with Crippen LogP contribution < -0.4 is 0 Å². The van der Waals surface area contributed by atoms with Crippen LogP contribution >= 0.6 is 0 Å². The van der Waals surface area contributed by atoms with Gasteiger partial charge in [0.2, 0.25) is 0 Å². The van der Waals surface area contributed by atoms with Crippen LogP contribution in [0.4, 0.5) is 4.39 Å². The van der Waals surface area contributed by atoms with Crippen molar-refractivity contribution in [3.8, 4) is 0 Å². The number of alkyl halides is 1. The van der Waals surface area contributed by atoms with Gasteiger partial charge in [-0.25, -0.2) is 4.39 Å². The van der Waals surface area contributed by atoms with Crippen molar-refractivity contribution >= 4 is 0 Å². The fourth-order valence-corrected chi connectivity index (χ4v) is 0.665. The molecule has 0 aliphatic heterocycles. The van der Waals surface area contributed by atoms with Crippen molar-refractivity contribution in [1.29, 1.82) is 0 Å². The summed E-state index contributed by atoms with van der Waals surface area (Å²) in [5.41, 5.74) is 0.716. The van der Waals surface area contributed by atoms with E-state index in [0.29, 0.717) is 5.56 Å². The minimum Gasteiger partial charge on any atom is -0.243 e. The second-order valence-corrected chi connectivity index (χ2v) is 1.95. The molecule has 1 aromatic rings. The van der Waals surface area contributed by atoms with Crippen LogP contribution in [0.1, 0.15) is 18.7 Å². The molecular weight excluding hydrogens is 115 g/mol. The van der Waals surface area contributed by atoms with Crippen LogP contribution in [0.15, 0.2) is 24.3 Å². The SMILES string of the molecule is C[C@H](F)c1cc[c]cc1. The van der Waals surface area contributed by atoms with E-state index in [4.69, 9.17) is 0 Å². The first kappa shape index (κ1) is 6.27. The Morgan fingerprint density at radius 2 is 2.00 bits per heavy atom. The first-order chi connectivity index (χ1) is 4.30. The molecule has 0 heterocycles. The van der Waals surface area contributed by atoms with E-state index < -0.39 is 6.17 Å². The predicted molar refractivity (Wildman–Crippen MR) is 34.8 cm³/mol. The number of benzene rings is 1. The first-order valence-corrected chi connectivity index (χ1v) is 2.91. The maximum atomic E-state index is 12.4. The largest absolute Gasteiger partial charge is 0.243 e. The number of hydrogen-bond acceptors (Lipinski definition) is 0. The monoisotopic (exact) mass is 123 g/mol. The predicted octanol–water partition coefficient (Wildman–Crippen LogP) is 2.52. The summed E-state index contributed by atoms with van der Waals surface area (Å²) in [6.45, 7) is 1.52. The van der Waals surface area contributed by atoms with Gasteiger partial charge in [-0.3, -0.25) is 0 Å². The smallest absolute Gasteiger partial charge is 0.122 e. The van der Waals surface area contributed by atoms with E-state index >= 15 is 0 Å². The Morgan fingerprint density at radius 1 is 1.44 bits per heavy atom. The minimum atomic E-state index is -0.861. The molecule has 0 saturated carbocycles. The Balaban J connectivity index is 2.85. The van der Waals surface area contributed by atoms with Gasteiger partial charge in [0.05, 0.1) is 0 Å². The fraction of sp³-hybridized carbons (Fsp3) is 0.250. The molecule has 0 nitrogen and oxygen atoms in total. The van der Waals surface area contributed by atoms with Crippen LogP contribution in [0.5, 0.6) is 0 Å². The molecule has 0 aromatic heterocycles. The third-order valence-corrected chi connectivity index (χ3v) is 1.20. The van der Waals surface area contributed by atoms with Crippen molar-refractivity contribution in [3.05, 3.63) is 35.9 Å². The molecule has 0 amide bonds. The van der Waals surface area contributed by atoms with Crippen molar-refractivity contribution in [2.45, 2.75) is 13.1 Å². The summed E-state index contributed by atoms with van der Waals surface area (Å²) in [5, 5.41) is 0. The van der Waals surface area contributed by atoms with Crippen molar-refractivity contribution in [2.75, 3.05) is 0 Å². The summed E-state index contributed by atoms with van der Waals surface area (Å²) in [6, 6.07) is 9.70. The molecule has 0 saturated heterocycles. The van der Waals surface area contributed by atoms with Crippen molar-refractivity contribution in [1.82, 2.24) is 0 Å². The van der Waals surface area contributed by atoms with E-state index in [1.807, 2.05) is 0 Å². The Morgan fingerprint density at radius 3 is 2.33 bits per heavy atom. The number of halogens is 1. The molecule has 0 aliphatic rings. The third-order valence-electron chi connectivity index (χ3n) is 1.20. The van der Waals surface area contributed by atoms with Gasteiger partial charge in [-0.15, -0.1) is 0 Å². The molecule has 0 aliphatic carbocycles. The van der Waals surface area contributed by atoms with Gasteiger partial charge in [0, 0.05) is 0 Å². The molecule has 47 valence electrons. The average Bonchev–Trinajstić information content (AvgIpc) is 1.90. The lowest BCUT2D eigenvalue weighted by Crippen LogP contribution is -1.81. The molecule has 1 rings (SSSR count). The lowest BCUT2D eigenvalue weighted by atomic mass is 10.1. The standard InChI is InChI=1S/C8H8F/c1-7(9)8-5-3-2-4-6-8/h3-7H,1H3/t7-/m0/s1. The van der Waals surface area contributed by atoms with Crippen LogP contribution in [0, 0.1) is 6.07 Å². The van der Waals surface area contributed by atoms with E-state index in [9.17, 15) is 4.39 Å². The highest BCUT2D eigenvalue weighted by Crippen LogP contribution is 2.13. The number of rotatable bonds is 1. The maximum Gasteiger partial charge on any atom is 0.122 e. The Kier molecular flexibility index (Phi) is 1.83. The molecule has 9 heavy (non-hydrogen) atoms. The van der Waals surface area contributed by atoms with Gasteiger partial charge in [-0.05, 0) is 18.6 Å². The van der Waals surface area contributed by atoms with Crippen LogP contribution in [0.3, 0.4) is 0 Å². The summed E-state index contributed by atoms with van der Waals surface area (Å²) < 4.78 is 12.4. The van der Waals surface area contributed by atoms with Gasteiger partial charge in [0.15, 0.2) is 0 Å². The van der Waals surface area contributed by atoms with Crippen LogP contribution in [-0.2, 0) is 0 Å². The molecule has 0 fully saturated rings. The summed E-state index contributed by atoms with van der Waals surface area (Å²) in [5.74, 6) is 0. The number of hydrogen-bond donors (Lipinski definition) is 0. The fourth-order valence-electron chi connectivity index (χ4n) is 0.665. The highest BCUT2D eigenvalue weighted by atomic mass is 19.1. The van der Waals surface area contributed by atoms with Gasteiger partial charge in [0.1, 0.15) is 6.17 Å². The van der Waals surface area contributed by atoms with Gasteiger partial charge in [-0.1, -0.05) is 24.3 Å². The third kappa shape index (κ3) is 1.53. The summed E-state index contributed by atoms with van der Waals surface area (Å²) in [7, 11) is 0. The zero-order chi connectivity index (χ0) is 6.69. The second-order valence-electron chi connectivity index (χ2n) is 1.95. The Labute approximate surface area is 54.3 Å². The van der Waals surface area contributed by atoms with Crippen molar-refractivity contribution < 1.29 is 4.39 Å². The summed E-state index contributed by atoms with van der Waals surface area (Å²) >= 11 is 0. The maximum absolute atomic E-state index is 12.4. The topological polar surface area (TPSA) is 0 Å². The van der Waals surface area contributed by atoms with E-state index in [1.165, 1.54) is 6.92 Å². The first-order valence-electron chi connectivity index (χ1n) is 2.91. The summed E-state index contributed by atoms with van der Waals surface area (Å²) in [6.07, 6.45) is -0.861. The zero-order valence-electron chi connectivity index (χ0n) is 5.26. The molecular formula is C8H8F. The molecule has 1 atom stereocenters. The molecule has 0 spiro atoms. The van der Waals surface area contributed by atoms with Crippen LogP contribution in [0.2, 0.25) is 0 Å². The Bertz CT molecular complexity index is 167. The van der Waals surface area contributed by atoms with Gasteiger partial charge >= 0.3 is 0 Å². The van der Waals surface area contributed by atoms with Crippen molar-refractivity contribution in [2.24, 2.45) is 0 Å². The molecule has 1 radical (unpaired) electrons. The van der Waals surface area contributed by atoms with Crippen LogP contribution in [-0.4, -0.2) is 0 Å². The van der Waals surface area contributed by atoms with Gasteiger partial charge in [0.25, 0.3) is 0 Å². The van der Waals surface area contributed by atoms with Gasteiger partial charge in [-0.2, -0.15) is 0 Å². The van der Waals surface area contributed by atoms with E-state index in [1.54, 1.807) is 24.3 Å². The molecule has 0 N–H and O–H groups in total. The lowest BCUT2D eigenvalue weighted by molar-refractivity contribution is 0.374. The average molecular weight is 123 g/mol. The molecule has 0 unspecified atom stereocenters. The van der Waals surface area contributed by atoms with E-state index in [2.05, 4.69) is 6.07 Å². The second kappa shape index (κ2) is 2.62. The lowest BCUT2D eigenvalue weighted by Gasteiger charge is -1.97. The zero-order valence-corrected chi connectivity index (χ0v) is 5.26. The quantitative estimate of drug-likeness (QED) is 0.538.